The smallest absolute Gasteiger partial charge is 0.239 e. The summed E-state index contributed by atoms with van der Waals surface area (Å²) in [7, 11) is -2.02. The monoisotopic (exact) mass is 306 g/mol. The lowest BCUT2D eigenvalue weighted by molar-refractivity contribution is 0.475. The van der Waals surface area contributed by atoms with Crippen LogP contribution in [0.3, 0.4) is 0 Å². The van der Waals surface area contributed by atoms with Gasteiger partial charge in [0.1, 0.15) is 5.75 Å². The van der Waals surface area contributed by atoms with E-state index in [0.717, 1.165) is 5.56 Å². The minimum Gasteiger partial charge on any atom is -0.508 e. The molecule has 2 aromatic rings. The third kappa shape index (κ3) is 3.53. The third-order valence-electron chi connectivity index (χ3n) is 3.31. The third-order valence-corrected chi connectivity index (χ3v) is 5.03. The van der Waals surface area contributed by atoms with Gasteiger partial charge in [-0.25, -0.2) is 8.42 Å². The highest BCUT2D eigenvalue weighted by atomic mass is 32.2. The van der Waals surface area contributed by atoms with E-state index in [0.29, 0.717) is 17.8 Å². The molecule has 0 heterocycles. The minimum atomic E-state index is -3.52. The quantitative estimate of drug-likeness (QED) is 0.882. The van der Waals surface area contributed by atoms with Crippen molar-refractivity contribution in [3.63, 3.8) is 0 Å². The fraction of sp³-hybridized carbons (Fsp3) is 0.200. The van der Waals surface area contributed by atoms with Gasteiger partial charge in [-0.1, -0.05) is 24.3 Å². The second kappa shape index (κ2) is 6.15. The van der Waals surface area contributed by atoms with Crippen LogP contribution in [0.1, 0.15) is 11.1 Å². The summed E-state index contributed by atoms with van der Waals surface area (Å²) in [5, 5.41) is 9.26. The molecular formula is C15H18N2O3S. The van der Waals surface area contributed by atoms with Crippen molar-refractivity contribution in [2.45, 2.75) is 12.3 Å². The Morgan fingerprint density at radius 2 is 1.62 bits per heavy atom. The van der Waals surface area contributed by atoms with Crippen molar-refractivity contribution in [3.05, 3.63) is 59.7 Å². The zero-order chi connectivity index (χ0) is 15.5. The van der Waals surface area contributed by atoms with Gasteiger partial charge in [0, 0.05) is 13.6 Å². The summed E-state index contributed by atoms with van der Waals surface area (Å²) < 4.78 is 26.2. The number of rotatable bonds is 5. The average Bonchev–Trinajstić information content (AvgIpc) is 2.47. The Morgan fingerprint density at radius 1 is 1.05 bits per heavy atom. The summed E-state index contributed by atoms with van der Waals surface area (Å²) in [6.45, 7) is 0.300. The standard InChI is InChI=1S/C15H18N2O3S/c1-17(14-6-8-15(18)9-7-14)21(19,20)11-13-5-3-2-4-12(13)10-16/h2-9,18H,10-11,16H2,1H3. The molecule has 0 aliphatic carbocycles. The number of anilines is 1. The lowest BCUT2D eigenvalue weighted by Gasteiger charge is -2.20. The van der Waals surface area contributed by atoms with Gasteiger partial charge >= 0.3 is 0 Å². The fourth-order valence-corrected chi connectivity index (χ4v) is 3.33. The molecule has 0 aliphatic rings. The highest BCUT2D eigenvalue weighted by molar-refractivity contribution is 7.92. The first-order valence-electron chi connectivity index (χ1n) is 6.46. The van der Waals surface area contributed by atoms with Gasteiger partial charge in [-0.15, -0.1) is 0 Å². The van der Waals surface area contributed by atoms with Crippen LogP contribution in [-0.2, 0) is 22.3 Å². The van der Waals surface area contributed by atoms with Crippen molar-refractivity contribution in [2.24, 2.45) is 5.73 Å². The molecule has 6 heteroatoms. The highest BCUT2D eigenvalue weighted by Gasteiger charge is 2.20. The van der Waals surface area contributed by atoms with Gasteiger partial charge < -0.3 is 10.8 Å². The molecule has 0 atom stereocenters. The maximum atomic E-state index is 12.5. The Hall–Kier alpha value is -2.05. The normalized spacial score (nSPS) is 11.3. The van der Waals surface area contributed by atoms with Gasteiger partial charge in [0.2, 0.25) is 10.0 Å². The van der Waals surface area contributed by atoms with Gasteiger partial charge in [-0.2, -0.15) is 0 Å². The molecule has 0 saturated heterocycles. The van der Waals surface area contributed by atoms with E-state index < -0.39 is 10.0 Å². The second-order valence-electron chi connectivity index (χ2n) is 4.71. The van der Waals surface area contributed by atoms with Crippen molar-refractivity contribution in [3.8, 4) is 5.75 Å². The largest absolute Gasteiger partial charge is 0.508 e. The SMILES string of the molecule is CN(c1ccc(O)cc1)S(=O)(=O)Cc1ccccc1CN. The van der Waals surface area contributed by atoms with Crippen LogP contribution in [0.5, 0.6) is 5.75 Å². The first kappa shape index (κ1) is 15.3. The maximum Gasteiger partial charge on any atom is 0.239 e. The van der Waals surface area contributed by atoms with Gasteiger partial charge in [0.25, 0.3) is 0 Å². The molecule has 0 saturated carbocycles. The number of hydrogen-bond acceptors (Lipinski definition) is 4. The second-order valence-corrected chi connectivity index (χ2v) is 6.71. The maximum absolute atomic E-state index is 12.5. The van der Waals surface area contributed by atoms with Crippen molar-refractivity contribution in [2.75, 3.05) is 11.4 Å². The van der Waals surface area contributed by atoms with E-state index in [-0.39, 0.29) is 11.5 Å². The van der Waals surface area contributed by atoms with Crippen molar-refractivity contribution in [1.29, 1.82) is 0 Å². The van der Waals surface area contributed by atoms with Crippen LogP contribution in [0.2, 0.25) is 0 Å². The van der Waals surface area contributed by atoms with Crippen LogP contribution in [-0.4, -0.2) is 20.6 Å². The highest BCUT2D eigenvalue weighted by Crippen LogP contribution is 2.22. The molecule has 0 bridgehead atoms. The molecular weight excluding hydrogens is 288 g/mol. The summed E-state index contributed by atoms with van der Waals surface area (Å²) in [6, 6.07) is 13.2. The summed E-state index contributed by atoms with van der Waals surface area (Å²) in [4.78, 5) is 0. The van der Waals surface area contributed by atoms with E-state index in [1.165, 1.54) is 23.5 Å². The van der Waals surface area contributed by atoms with E-state index in [2.05, 4.69) is 0 Å². The average molecular weight is 306 g/mol. The Labute approximate surface area is 124 Å². The van der Waals surface area contributed by atoms with Crippen molar-refractivity contribution < 1.29 is 13.5 Å². The Bertz CT molecular complexity index is 712. The van der Waals surface area contributed by atoms with Crippen molar-refractivity contribution in [1.82, 2.24) is 0 Å². The van der Waals surface area contributed by atoms with Crippen LogP contribution in [0.15, 0.2) is 48.5 Å². The number of sulfonamides is 1. The number of nitrogens with zero attached hydrogens (tertiary/aromatic N) is 1. The molecule has 0 aliphatic heterocycles. The van der Waals surface area contributed by atoms with E-state index in [9.17, 15) is 13.5 Å². The zero-order valence-electron chi connectivity index (χ0n) is 11.7. The Kier molecular flexibility index (Phi) is 4.50. The van der Waals surface area contributed by atoms with Gasteiger partial charge in [0.05, 0.1) is 11.4 Å². The molecule has 3 N–H and O–H groups in total. The molecule has 0 amide bonds. The number of nitrogens with two attached hydrogens (primary N) is 1. The molecule has 0 aromatic heterocycles. The molecule has 0 fully saturated rings. The minimum absolute atomic E-state index is 0.0954. The van der Waals surface area contributed by atoms with Crippen molar-refractivity contribution >= 4 is 15.7 Å². The topological polar surface area (TPSA) is 83.6 Å². The molecule has 5 nitrogen and oxygen atoms in total. The molecule has 0 unspecified atom stereocenters. The lowest BCUT2D eigenvalue weighted by Crippen LogP contribution is -2.28. The molecule has 112 valence electrons. The van der Waals surface area contributed by atoms with Crippen LogP contribution in [0.25, 0.3) is 0 Å². The molecule has 0 spiro atoms. The van der Waals surface area contributed by atoms with Crippen LogP contribution < -0.4 is 10.0 Å². The van der Waals surface area contributed by atoms with E-state index in [4.69, 9.17) is 5.73 Å². The lowest BCUT2D eigenvalue weighted by atomic mass is 10.1. The van der Waals surface area contributed by atoms with Crippen LogP contribution in [0, 0.1) is 0 Å². The first-order valence-corrected chi connectivity index (χ1v) is 8.07. The predicted molar refractivity (Wildman–Crippen MR) is 83.5 cm³/mol. The number of phenols is 1. The summed E-state index contributed by atoms with van der Waals surface area (Å²) in [5.74, 6) is -0.0179. The van der Waals surface area contributed by atoms with Crippen LogP contribution >= 0.6 is 0 Å². The Morgan fingerprint density at radius 3 is 2.19 bits per heavy atom. The summed E-state index contributed by atoms with van der Waals surface area (Å²) >= 11 is 0. The van der Waals surface area contributed by atoms with Gasteiger partial charge in [0.15, 0.2) is 0 Å². The molecule has 2 rings (SSSR count). The number of benzene rings is 2. The number of phenolic OH excluding ortho intramolecular Hbond substituents is 1. The van der Waals surface area contributed by atoms with E-state index >= 15 is 0 Å². The van der Waals surface area contributed by atoms with Gasteiger partial charge in [-0.3, -0.25) is 4.31 Å². The fourth-order valence-electron chi connectivity index (χ4n) is 2.01. The number of hydrogen-bond donors (Lipinski definition) is 2. The molecule has 21 heavy (non-hydrogen) atoms. The Balaban J connectivity index is 2.27. The molecule has 0 radical (unpaired) electrons. The predicted octanol–water partition coefficient (Wildman–Crippen LogP) is 1.82. The van der Waals surface area contributed by atoms with E-state index in [1.807, 2.05) is 12.1 Å². The van der Waals surface area contributed by atoms with Gasteiger partial charge in [-0.05, 0) is 35.4 Å². The summed E-state index contributed by atoms with van der Waals surface area (Å²) in [5.41, 5.74) is 7.65. The van der Waals surface area contributed by atoms with E-state index in [1.54, 1.807) is 24.3 Å². The first-order chi connectivity index (χ1) is 9.94. The van der Waals surface area contributed by atoms with Crippen LogP contribution in [0.4, 0.5) is 5.69 Å². The zero-order valence-corrected chi connectivity index (χ0v) is 12.5. The summed E-state index contributed by atoms with van der Waals surface area (Å²) in [6.07, 6.45) is 0. The number of aromatic hydroxyl groups is 1. The molecule has 2 aromatic carbocycles.